The zero-order valence-electron chi connectivity index (χ0n) is 27.9. The zero-order chi connectivity index (χ0) is 34.7. The third-order valence-electron chi connectivity index (χ3n) is 10.9. The highest BCUT2D eigenvalue weighted by atomic mass is 33.1. The average molecular weight is 705 g/mol. The fourth-order valence-corrected chi connectivity index (χ4v) is 11.2. The Morgan fingerprint density at radius 2 is 1.17 bits per heavy atom. The minimum absolute atomic E-state index is 0.124. The Kier molecular flexibility index (Phi) is 9.50. The van der Waals surface area contributed by atoms with Crippen molar-refractivity contribution in [3.8, 4) is 0 Å². The second kappa shape index (κ2) is 13.1. The number of hydrogen-bond acceptors (Lipinski definition) is 12. The summed E-state index contributed by atoms with van der Waals surface area (Å²) >= 11 is 0. The van der Waals surface area contributed by atoms with Crippen LogP contribution in [0.3, 0.4) is 0 Å². The summed E-state index contributed by atoms with van der Waals surface area (Å²) in [5, 5.41) is 21.5. The number of carbonyl (C=O) groups excluding carboxylic acids is 4. The lowest BCUT2D eigenvalue weighted by Crippen LogP contribution is -2.77. The van der Waals surface area contributed by atoms with Gasteiger partial charge in [-0.1, -0.05) is 62.1 Å². The van der Waals surface area contributed by atoms with E-state index in [9.17, 15) is 29.4 Å². The number of rotatable bonds is 10. The van der Waals surface area contributed by atoms with Gasteiger partial charge in [0, 0.05) is 12.8 Å². The molecule has 12 nitrogen and oxygen atoms in total. The Bertz CT molecular complexity index is 1370. The predicted octanol–water partition coefficient (Wildman–Crippen LogP) is 3.75. The number of aliphatic hydroxyl groups is 2. The maximum absolute atomic E-state index is 14.8. The standard InChI is InChI=1S/C34H44N2O10S2/c1-7-17(3)27(37)19(5)29(39)45-23-9-11-43-15-21-13-33-32(42)36-26-22(14-34(36,48-47-33)31(41)35(33)25(21)23)16-44-12-10-24(26)46-30(40)20(6)28(38)18(4)8-2/h9-12,15-20,23-28,37-38H,7-8,13-14H2,1-6H3/t17-,18-,19+,20+,23+,24+,25+,26+,27-,28-,33+,34+/m1/s1. The molecule has 14 heteroatoms. The summed E-state index contributed by atoms with van der Waals surface area (Å²) in [6.07, 6.45) is 6.80. The molecule has 0 aliphatic carbocycles. The summed E-state index contributed by atoms with van der Waals surface area (Å²) in [4.78, 5) is 56.7. The Balaban J connectivity index is 1.31. The Morgan fingerprint density at radius 1 is 0.792 bits per heavy atom. The number of piperazine rings is 1. The van der Waals surface area contributed by atoms with Crippen LogP contribution in [0.5, 0.6) is 0 Å². The van der Waals surface area contributed by atoms with Crippen LogP contribution in [0.15, 0.2) is 48.3 Å². The minimum atomic E-state index is -1.37. The highest BCUT2D eigenvalue weighted by Gasteiger charge is 2.78. The quantitative estimate of drug-likeness (QED) is 0.252. The number of fused-ring (bicyclic) bond motifs is 3. The maximum atomic E-state index is 14.8. The number of amides is 2. The van der Waals surface area contributed by atoms with Crippen LogP contribution in [0.4, 0.5) is 0 Å². The summed E-state index contributed by atoms with van der Waals surface area (Å²) in [5.41, 5.74) is 1.24. The van der Waals surface area contributed by atoms with Crippen LogP contribution >= 0.6 is 21.6 Å². The van der Waals surface area contributed by atoms with Crippen LogP contribution in [-0.2, 0) is 38.1 Å². The maximum Gasteiger partial charge on any atom is 0.311 e. The second-order valence-corrected chi connectivity index (χ2v) is 16.5. The van der Waals surface area contributed by atoms with Gasteiger partial charge < -0.3 is 39.0 Å². The first-order chi connectivity index (χ1) is 22.8. The lowest BCUT2D eigenvalue weighted by atomic mass is 9.91. The van der Waals surface area contributed by atoms with E-state index in [-0.39, 0.29) is 36.5 Å². The molecule has 12 atom stereocenters. The number of ether oxygens (including phenoxy) is 4. The number of aliphatic hydroxyl groups excluding tert-OH is 2. The van der Waals surface area contributed by atoms with Crippen molar-refractivity contribution in [2.75, 3.05) is 0 Å². The molecule has 7 aliphatic rings. The van der Waals surface area contributed by atoms with Gasteiger partial charge in [-0.05, 0) is 49.0 Å². The Morgan fingerprint density at radius 3 is 1.52 bits per heavy atom. The molecule has 2 amide bonds. The fraction of sp³-hybridized carbons (Fsp3) is 0.647. The molecule has 2 N–H and O–H groups in total. The third kappa shape index (κ3) is 5.28. The molecule has 5 fully saturated rings. The first kappa shape index (κ1) is 34.9. The van der Waals surface area contributed by atoms with Crippen LogP contribution in [0.2, 0.25) is 0 Å². The van der Waals surface area contributed by atoms with Crippen molar-refractivity contribution in [1.82, 2.24) is 9.80 Å². The van der Waals surface area contributed by atoms with E-state index in [0.717, 1.165) is 0 Å². The third-order valence-corrected chi connectivity index (χ3v) is 14.5. The highest BCUT2D eigenvalue weighted by molar-refractivity contribution is 8.78. The van der Waals surface area contributed by atoms with Gasteiger partial charge in [-0.3, -0.25) is 19.2 Å². The topological polar surface area (TPSA) is 152 Å². The summed E-state index contributed by atoms with van der Waals surface area (Å²) in [7, 11) is 2.61. The molecule has 0 aromatic heterocycles. The van der Waals surface area contributed by atoms with Crippen molar-refractivity contribution in [3.05, 3.63) is 48.3 Å². The normalized spacial score (nSPS) is 35.2. The average Bonchev–Trinajstić information content (AvgIpc) is 3.45. The van der Waals surface area contributed by atoms with Gasteiger partial charge in [0.15, 0.2) is 9.74 Å². The van der Waals surface area contributed by atoms with Gasteiger partial charge >= 0.3 is 11.9 Å². The molecule has 262 valence electrons. The molecule has 48 heavy (non-hydrogen) atoms. The Hall–Kier alpha value is -2.94. The first-order valence-corrected chi connectivity index (χ1v) is 18.8. The van der Waals surface area contributed by atoms with Crippen LogP contribution in [-0.4, -0.2) is 90.0 Å². The SMILES string of the molecule is CC[C@@H](C)[C@@H](O)[C@H](C)C(=O)O[C@H]1C=COC=C2C[C@]34SS[C@@]5(CC6=COC=C[C@H](OC(=O)[C@@H](C)[C@H](O)[C@H](C)CC)[C@H]6N5C3=O)C(=O)N4[C@@H]21. The van der Waals surface area contributed by atoms with Crippen LogP contribution in [0, 0.1) is 23.7 Å². The van der Waals surface area contributed by atoms with Crippen molar-refractivity contribution in [3.63, 3.8) is 0 Å². The number of nitrogens with zero attached hydrogens (tertiary/aromatic N) is 2. The van der Waals surface area contributed by atoms with E-state index >= 15 is 0 Å². The number of esters is 2. The van der Waals surface area contributed by atoms with Gasteiger partial charge in [-0.2, -0.15) is 0 Å². The summed E-state index contributed by atoms with van der Waals surface area (Å²) in [6.45, 7) is 10.8. The largest absolute Gasteiger partial charge is 0.473 e. The van der Waals surface area contributed by atoms with Crippen molar-refractivity contribution in [2.45, 2.75) is 113 Å². The van der Waals surface area contributed by atoms with Crippen molar-refractivity contribution >= 4 is 45.3 Å². The lowest BCUT2D eigenvalue weighted by molar-refractivity contribution is -0.174. The van der Waals surface area contributed by atoms with Crippen molar-refractivity contribution < 1.29 is 48.3 Å². The van der Waals surface area contributed by atoms with Gasteiger partial charge in [0.1, 0.15) is 12.2 Å². The molecule has 0 aromatic carbocycles. The minimum Gasteiger partial charge on any atom is -0.473 e. The smallest absolute Gasteiger partial charge is 0.311 e. The molecular weight excluding hydrogens is 661 g/mol. The van der Waals surface area contributed by atoms with Crippen LogP contribution < -0.4 is 0 Å². The molecule has 2 bridgehead atoms. The van der Waals surface area contributed by atoms with E-state index < -0.39 is 70.0 Å². The van der Waals surface area contributed by atoms with Gasteiger partial charge in [-0.25, -0.2) is 0 Å². The summed E-state index contributed by atoms with van der Waals surface area (Å²) in [6, 6.07) is -1.62. The zero-order valence-corrected chi connectivity index (χ0v) is 29.6. The Labute approximate surface area is 288 Å². The first-order valence-electron chi connectivity index (χ1n) is 16.7. The molecule has 0 unspecified atom stereocenters. The van der Waals surface area contributed by atoms with Crippen LogP contribution in [0.25, 0.3) is 0 Å². The molecule has 2 spiro atoms. The molecule has 5 saturated heterocycles. The molecular formula is C34H44N2O10S2. The molecule has 0 aromatic rings. The number of hydrogen-bond donors (Lipinski definition) is 2. The van der Waals surface area contributed by atoms with Gasteiger partial charge in [0.25, 0.3) is 11.8 Å². The van der Waals surface area contributed by atoms with E-state index in [1.165, 1.54) is 46.6 Å². The van der Waals surface area contributed by atoms with Gasteiger partial charge in [0.2, 0.25) is 0 Å². The summed E-state index contributed by atoms with van der Waals surface area (Å²) in [5.74, 6) is -3.76. The van der Waals surface area contributed by atoms with E-state index in [4.69, 9.17) is 18.9 Å². The predicted molar refractivity (Wildman–Crippen MR) is 177 cm³/mol. The monoisotopic (exact) mass is 704 g/mol. The molecule has 0 radical (unpaired) electrons. The van der Waals surface area contributed by atoms with E-state index in [1.54, 1.807) is 35.8 Å². The molecule has 0 saturated carbocycles. The van der Waals surface area contributed by atoms with E-state index in [2.05, 4.69) is 0 Å². The highest BCUT2D eigenvalue weighted by Crippen LogP contribution is 2.69. The van der Waals surface area contributed by atoms with E-state index in [0.29, 0.717) is 24.0 Å². The second-order valence-electron chi connectivity index (χ2n) is 13.8. The molecule has 7 rings (SSSR count). The lowest BCUT2D eigenvalue weighted by Gasteiger charge is -2.58. The van der Waals surface area contributed by atoms with Crippen molar-refractivity contribution in [2.24, 2.45) is 23.7 Å². The molecule has 7 heterocycles. The van der Waals surface area contributed by atoms with E-state index in [1.807, 2.05) is 27.7 Å². The fourth-order valence-electron chi connectivity index (χ4n) is 7.46. The summed E-state index contributed by atoms with van der Waals surface area (Å²) < 4.78 is 23.2. The number of carbonyl (C=O) groups is 4. The van der Waals surface area contributed by atoms with Gasteiger partial charge in [0.05, 0.1) is 61.2 Å². The van der Waals surface area contributed by atoms with Gasteiger partial charge in [-0.15, -0.1) is 0 Å². The van der Waals surface area contributed by atoms with Crippen LogP contribution in [0.1, 0.15) is 67.2 Å². The molecule has 7 aliphatic heterocycles. The van der Waals surface area contributed by atoms with Crippen molar-refractivity contribution in [1.29, 1.82) is 0 Å².